The minimum absolute atomic E-state index is 0.0435. The standard InChI is InChI=1S/C24H33N5O2/c1-16-26-22(17-5-7-19(8-6-17)28(2)3)12-23(27-16)21-14-29-10-9-18(21)11-20(29)13-25-24(30)15-31-4/h5-8,12,18,20-21H,9-11,13-15H2,1-4H3,(H,25,30)/t18-,20+,21-/m0/s1. The van der Waals surface area contributed by atoms with Crippen LogP contribution in [0, 0.1) is 12.8 Å². The van der Waals surface area contributed by atoms with E-state index >= 15 is 0 Å². The van der Waals surface area contributed by atoms with Crippen LogP contribution < -0.4 is 10.2 Å². The number of benzene rings is 1. The second-order valence-electron chi connectivity index (χ2n) is 8.94. The molecular formula is C24H33N5O2. The Morgan fingerprint density at radius 1 is 1.26 bits per heavy atom. The highest BCUT2D eigenvalue weighted by molar-refractivity contribution is 5.77. The molecule has 7 heteroatoms. The van der Waals surface area contributed by atoms with Crippen molar-refractivity contribution in [1.29, 1.82) is 0 Å². The van der Waals surface area contributed by atoms with E-state index in [-0.39, 0.29) is 12.5 Å². The maximum atomic E-state index is 11.8. The molecule has 1 amide bonds. The van der Waals surface area contributed by atoms with E-state index in [1.165, 1.54) is 12.1 Å². The van der Waals surface area contributed by atoms with Crippen LogP contribution in [-0.2, 0) is 9.53 Å². The topological polar surface area (TPSA) is 70.6 Å². The van der Waals surface area contributed by atoms with Crippen molar-refractivity contribution >= 4 is 11.6 Å². The third kappa shape index (κ3) is 4.88. The van der Waals surface area contributed by atoms with E-state index in [0.717, 1.165) is 42.3 Å². The number of fused-ring (bicyclic) bond motifs is 3. The molecule has 1 unspecified atom stereocenters. The van der Waals surface area contributed by atoms with E-state index in [1.54, 1.807) is 7.11 Å². The molecule has 31 heavy (non-hydrogen) atoms. The number of hydrogen-bond acceptors (Lipinski definition) is 6. The number of piperidine rings is 3. The number of ether oxygens (including phenoxy) is 1. The van der Waals surface area contributed by atoms with Gasteiger partial charge < -0.3 is 15.0 Å². The molecule has 166 valence electrons. The Kier molecular flexibility index (Phi) is 6.53. The van der Waals surface area contributed by atoms with E-state index < -0.39 is 0 Å². The first kappa shape index (κ1) is 21.7. The van der Waals surface area contributed by atoms with Crippen molar-refractivity contribution < 1.29 is 9.53 Å². The molecule has 0 spiro atoms. The molecule has 3 aliphatic rings. The first-order valence-electron chi connectivity index (χ1n) is 11.1. The van der Waals surface area contributed by atoms with Gasteiger partial charge in [0.15, 0.2) is 0 Å². The van der Waals surface area contributed by atoms with Gasteiger partial charge in [-0.1, -0.05) is 12.1 Å². The minimum Gasteiger partial charge on any atom is -0.378 e. The van der Waals surface area contributed by atoms with E-state index in [2.05, 4.69) is 45.4 Å². The quantitative estimate of drug-likeness (QED) is 0.738. The number of aromatic nitrogens is 2. The predicted octanol–water partition coefficient (Wildman–Crippen LogP) is 2.46. The zero-order chi connectivity index (χ0) is 22.0. The Balaban J connectivity index is 1.49. The monoisotopic (exact) mass is 423 g/mol. The van der Waals surface area contributed by atoms with Crippen molar-refractivity contribution in [3.63, 3.8) is 0 Å². The average molecular weight is 424 g/mol. The van der Waals surface area contributed by atoms with Crippen LogP contribution in [0.1, 0.15) is 30.3 Å². The normalized spacial score (nSPS) is 24.8. The molecule has 3 fully saturated rings. The van der Waals surface area contributed by atoms with Crippen molar-refractivity contribution in [2.24, 2.45) is 5.92 Å². The summed E-state index contributed by atoms with van der Waals surface area (Å²) in [5.74, 6) is 1.79. The zero-order valence-corrected chi connectivity index (χ0v) is 19.0. The molecule has 1 N–H and O–H groups in total. The second-order valence-corrected chi connectivity index (χ2v) is 8.94. The summed E-state index contributed by atoms with van der Waals surface area (Å²) in [7, 11) is 5.64. The average Bonchev–Trinajstić information content (AvgIpc) is 2.78. The van der Waals surface area contributed by atoms with Crippen molar-refractivity contribution in [2.45, 2.75) is 31.7 Å². The summed E-state index contributed by atoms with van der Waals surface area (Å²) in [6, 6.07) is 11.1. The Labute approximate surface area is 184 Å². The summed E-state index contributed by atoms with van der Waals surface area (Å²) in [4.78, 5) is 25.9. The van der Waals surface area contributed by atoms with Gasteiger partial charge in [0.05, 0.1) is 5.69 Å². The molecule has 3 saturated heterocycles. The van der Waals surface area contributed by atoms with Crippen molar-refractivity contribution in [3.8, 4) is 11.3 Å². The lowest BCUT2D eigenvalue weighted by Crippen LogP contribution is -2.56. The molecule has 0 radical (unpaired) electrons. The van der Waals surface area contributed by atoms with Crippen LogP contribution in [0.2, 0.25) is 0 Å². The maximum Gasteiger partial charge on any atom is 0.246 e. The first-order chi connectivity index (χ1) is 14.9. The van der Waals surface area contributed by atoms with Gasteiger partial charge in [-0.2, -0.15) is 0 Å². The van der Waals surface area contributed by atoms with Gasteiger partial charge in [-0.15, -0.1) is 0 Å². The van der Waals surface area contributed by atoms with Crippen LogP contribution in [0.5, 0.6) is 0 Å². The number of aryl methyl sites for hydroxylation is 1. The number of rotatable bonds is 7. The summed E-state index contributed by atoms with van der Waals surface area (Å²) in [6.45, 7) is 4.88. The van der Waals surface area contributed by atoms with Crippen molar-refractivity contribution in [3.05, 3.63) is 41.9 Å². The van der Waals surface area contributed by atoms with E-state index in [9.17, 15) is 4.79 Å². The highest BCUT2D eigenvalue weighted by atomic mass is 16.5. The van der Waals surface area contributed by atoms with Gasteiger partial charge in [0.1, 0.15) is 12.4 Å². The predicted molar refractivity (Wildman–Crippen MR) is 122 cm³/mol. The smallest absolute Gasteiger partial charge is 0.246 e. The summed E-state index contributed by atoms with van der Waals surface area (Å²) < 4.78 is 4.92. The van der Waals surface area contributed by atoms with Gasteiger partial charge in [-0.3, -0.25) is 9.69 Å². The molecule has 0 aliphatic carbocycles. The van der Waals surface area contributed by atoms with E-state index in [1.807, 2.05) is 21.0 Å². The van der Waals surface area contributed by atoms with Gasteiger partial charge in [-0.05, 0) is 50.4 Å². The van der Waals surface area contributed by atoms with E-state index in [0.29, 0.717) is 24.4 Å². The van der Waals surface area contributed by atoms with Gasteiger partial charge in [0, 0.05) is 63.2 Å². The van der Waals surface area contributed by atoms with Crippen LogP contribution in [0.4, 0.5) is 5.69 Å². The molecule has 1 aromatic carbocycles. The van der Waals surface area contributed by atoms with Crippen molar-refractivity contribution in [2.75, 3.05) is 52.3 Å². The second kappa shape index (κ2) is 9.32. The van der Waals surface area contributed by atoms with Crippen LogP contribution in [-0.4, -0.2) is 74.3 Å². The largest absolute Gasteiger partial charge is 0.378 e. The number of nitrogens with one attached hydrogen (secondary N) is 1. The molecule has 4 atom stereocenters. The Hall–Kier alpha value is -2.51. The molecule has 7 nitrogen and oxygen atoms in total. The third-order valence-corrected chi connectivity index (χ3v) is 6.61. The van der Waals surface area contributed by atoms with Crippen LogP contribution >= 0.6 is 0 Å². The van der Waals surface area contributed by atoms with Crippen LogP contribution in [0.15, 0.2) is 30.3 Å². The van der Waals surface area contributed by atoms with E-state index in [4.69, 9.17) is 14.7 Å². The summed E-state index contributed by atoms with van der Waals surface area (Å²) in [6.07, 6.45) is 2.27. The molecule has 0 saturated carbocycles. The molecule has 4 heterocycles. The number of carbonyl (C=O) groups excluding carboxylic acids is 1. The molecule has 2 aromatic rings. The molecule has 1 aromatic heterocycles. The highest BCUT2D eigenvalue weighted by Gasteiger charge is 2.41. The lowest BCUT2D eigenvalue weighted by Gasteiger charge is -2.49. The SMILES string of the molecule is COCC(=O)NC[C@H]1C[C@@H]2CCN1C[C@@H]2c1cc(-c2ccc(N(C)C)cc2)nc(C)n1. The van der Waals surface area contributed by atoms with Crippen molar-refractivity contribution in [1.82, 2.24) is 20.2 Å². The minimum atomic E-state index is -0.0435. The van der Waals surface area contributed by atoms with Crippen LogP contribution in [0.3, 0.4) is 0 Å². The lowest BCUT2D eigenvalue weighted by atomic mass is 9.74. The summed E-state index contributed by atoms with van der Waals surface area (Å²) in [5, 5.41) is 3.01. The van der Waals surface area contributed by atoms with Gasteiger partial charge >= 0.3 is 0 Å². The Bertz CT molecular complexity index is 915. The van der Waals surface area contributed by atoms with Gasteiger partial charge in [0.2, 0.25) is 5.91 Å². The Morgan fingerprint density at radius 2 is 2.03 bits per heavy atom. The third-order valence-electron chi connectivity index (χ3n) is 6.61. The lowest BCUT2D eigenvalue weighted by molar-refractivity contribution is -0.125. The molecule has 3 aliphatic heterocycles. The number of hydrogen-bond donors (Lipinski definition) is 1. The Morgan fingerprint density at radius 3 is 2.68 bits per heavy atom. The highest BCUT2D eigenvalue weighted by Crippen LogP contribution is 2.41. The number of methoxy groups -OCH3 is 1. The maximum absolute atomic E-state index is 11.8. The molecular weight excluding hydrogens is 390 g/mol. The summed E-state index contributed by atoms with van der Waals surface area (Å²) in [5.41, 5.74) is 4.44. The fraction of sp³-hybridized carbons (Fsp3) is 0.542. The fourth-order valence-electron chi connectivity index (χ4n) is 4.96. The van der Waals surface area contributed by atoms with Gasteiger partial charge in [-0.25, -0.2) is 9.97 Å². The summed E-state index contributed by atoms with van der Waals surface area (Å²) >= 11 is 0. The number of amides is 1. The molecule has 2 bridgehead atoms. The van der Waals surface area contributed by atoms with Gasteiger partial charge in [0.25, 0.3) is 0 Å². The fourth-order valence-corrected chi connectivity index (χ4v) is 4.96. The first-order valence-corrected chi connectivity index (χ1v) is 11.1. The number of anilines is 1. The zero-order valence-electron chi connectivity index (χ0n) is 19.0. The van der Waals surface area contributed by atoms with Crippen LogP contribution in [0.25, 0.3) is 11.3 Å². The number of nitrogens with zero attached hydrogens (tertiary/aromatic N) is 4. The number of carbonyl (C=O) groups is 1. The molecule has 5 rings (SSSR count).